The predicted octanol–water partition coefficient (Wildman–Crippen LogP) is 1.90. The smallest absolute Gasteiger partial charge is 0.251 e. The quantitative estimate of drug-likeness (QED) is 0.826. The molecule has 0 radical (unpaired) electrons. The summed E-state index contributed by atoms with van der Waals surface area (Å²) < 4.78 is 26.7. The molecule has 0 atom stereocenters. The summed E-state index contributed by atoms with van der Waals surface area (Å²) in [6.45, 7) is 0. The number of anilines is 1. The fourth-order valence-corrected chi connectivity index (χ4v) is 1.44. The van der Waals surface area contributed by atoms with Crippen molar-refractivity contribution in [3.05, 3.63) is 29.3 Å². The number of carbonyl (C=O) groups excluding carboxylic acids is 1. The van der Waals surface area contributed by atoms with Crippen LogP contribution in [0.3, 0.4) is 0 Å². The van der Waals surface area contributed by atoms with Gasteiger partial charge in [-0.1, -0.05) is 0 Å². The minimum atomic E-state index is -0.761. The fraction of sp³-hybridized carbons (Fsp3) is 0.364. The van der Waals surface area contributed by atoms with Crippen molar-refractivity contribution in [3.63, 3.8) is 0 Å². The third kappa shape index (κ3) is 2.13. The molecule has 0 aromatic heterocycles. The molecule has 0 heterocycles. The number of rotatable bonds is 3. The van der Waals surface area contributed by atoms with Gasteiger partial charge in [0.1, 0.15) is 17.3 Å². The zero-order valence-corrected chi connectivity index (χ0v) is 8.81. The molecule has 86 valence electrons. The maximum absolute atomic E-state index is 13.3. The Bertz CT molecular complexity index is 407. The van der Waals surface area contributed by atoms with Gasteiger partial charge in [-0.2, -0.15) is 0 Å². The van der Waals surface area contributed by atoms with Crippen LogP contribution in [0.4, 0.5) is 14.5 Å². The molecule has 1 aromatic carbocycles. The lowest BCUT2D eigenvalue weighted by molar-refractivity contribution is 0.0950. The first-order chi connectivity index (χ1) is 7.61. The number of nitrogens with one attached hydrogen (secondary N) is 2. The summed E-state index contributed by atoms with van der Waals surface area (Å²) in [6.07, 6.45) is 1.87. The van der Waals surface area contributed by atoms with E-state index in [-0.39, 0.29) is 17.3 Å². The summed E-state index contributed by atoms with van der Waals surface area (Å²) in [7, 11) is 1.42. The van der Waals surface area contributed by atoms with Crippen LogP contribution in [0.15, 0.2) is 12.1 Å². The van der Waals surface area contributed by atoms with Crippen molar-refractivity contribution in [2.75, 3.05) is 12.4 Å². The zero-order valence-electron chi connectivity index (χ0n) is 8.81. The van der Waals surface area contributed by atoms with E-state index in [9.17, 15) is 13.6 Å². The first-order valence-corrected chi connectivity index (χ1v) is 5.09. The number of benzene rings is 1. The van der Waals surface area contributed by atoms with Gasteiger partial charge in [-0.25, -0.2) is 8.78 Å². The van der Waals surface area contributed by atoms with Gasteiger partial charge in [0.05, 0.1) is 0 Å². The van der Waals surface area contributed by atoms with Crippen LogP contribution in [0.25, 0.3) is 0 Å². The summed E-state index contributed by atoms with van der Waals surface area (Å²) in [5.41, 5.74) is -0.205. The summed E-state index contributed by atoms with van der Waals surface area (Å²) in [6, 6.07) is 2.24. The van der Waals surface area contributed by atoms with Crippen molar-refractivity contribution in [3.8, 4) is 0 Å². The lowest BCUT2D eigenvalue weighted by Gasteiger charge is -2.07. The van der Waals surface area contributed by atoms with Gasteiger partial charge in [0.2, 0.25) is 0 Å². The van der Waals surface area contributed by atoms with E-state index in [1.54, 1.807) is 0 Å². The molecule has 3 nitrogen and oxygen atoms in total. The molecule has 1 amide bonds. The second kappa shape index (κ2) is 4.08. The van der Waals surface area contributed by atoms with Gasteiger partial charge in [0, 0.05) is 18.7 Å². The summed E-state index contributed by atoms with van der Waals surface area (Å²) in [5, 5.41) is 5.07. The summed E-state index contributed by atoms with van der Waals surface area (Å²) in [4.78, 5) is 11.5. The van der Waals surface area contributed by atoms with E-state index in [2.05, 4.69) is 10.6 Å². The normalized spacial score (nSPS) is 14.7. The number of hydrogen-bond acceptors (Lipinski definition) is 2. The molecular weight excluding hydrogens is 214 g/mol. The largest absolute Gasteiger partial charge is 0.383 e. The van der Waals surface area contributed by atoms with Crippen molar-refractivity contribution in [2.24, 2.45) is 0 Å². The predicted molar refractivity (Wildman–Crippen MR) is 56.4 cm³/mol. The number of carbonyl (C=O) groups is 1. The van der Waals surface area contributed by atoms with Gasteiger partial charge in [-0.3, -0.25) is 4.79 Å². The maximum Gasteiger partial charge on any atom is 0.251 e. The average Bonchev–Trinajstić information content (AvgIpc) is 3.01. The molecule has 2 rings (SSSR count). The highest BCUT2D eigenvalue weighted by Gasteiger charge is 2.24. The Labute approximate surface area is 91.8 Å². The van der Waals surface area contributed by atoms with Crippen LogP contribution in [0.5, 0.6) is 0 Å². The van der Waals surface area contributed by atoms with Crippen molar-refractivity contribution in [2.45, 2.75) is 18.9 Å². The second-order valence-electron chi connectivity index (χ2n) is 3.81. The Morgan fingerprint density at radius 2 is 1.88 bits per heavy atom. The third-order valence-corrected chi connectivity index (χ3v) is 2.47. The van der Waals surface area contributed by atoms with Crippen LogP contribution in [0.1, 0.15) is 23.2 Å². The van der Waals surface area contributed by atoms with E-state index < -0.39 is 17.5 Å². The van der Waals surface area contributed by atoms with E-state index in [1.807, 2.05) is 0 Å². The van der Waals surface area contributed by atoms with Crippen LogP contribution < -0.4 is 10.6 Å². The molecule has 1 saturated carbocycles. The summed E-state index contributed by atoms with van der Waals surface area (Å²) >= 11 is 0. The Balaban J connectivity index is 2.24. The maximum atomic E-state index is 13.3. The lowest BCUT2D eigenvalue weighted by Crippen LogP contribution is -2.25. The lowest BCUT2D eigenvalue weighted by atomic mass is 10.1. The topological polar surface area (TPSA) is 41.1 Å². The Morgan fingerprint density at radius 1 is 1.31 bits per heavy atom. The van der Waals surface area contributed by atoms with Crippen LogP contribution in [0.2, 0.25) is 0 Å². The number of hydrogen-bond donors (Lipinski definition) is 2. The zero-order chi connectivity index (χ0) is 11.7. The highest BCUT2D eigenvalue weighted by Crippen LogP contribution is 2.22. The van der Waals surface area contributed by atoms with Gasteiger partial charge >= 0.3 is 0 Å². The van der Waals surface area contributed by atoms with Crippen molar-refractivity contribution >= 4 is 11.6 Å². The number of amides is 1. The molecule has 1 aliphatic rings. The molecule has 1 fully saturated rings. The van der Waals surface area contributed by atoms with Gasteiger partial charge in [-0.05, 0) is 25.0 Å². The first kappa shape index (κ1) is 10.9. The SMILES string of the molecule is CNc1c(F)cc(C(=O)NC2CC2)cc1F. The molecule has 2 N–H and O–H groups in total. The third-order valence-electron chi connectivity index (χ3n) is 2.47. The Hall–Kier alpha value is -1.65. The van der Waals surface area contributed by atoms with E-state index in [1.165, 1.54) is 7.05 Å². The molecule has 0 aliphatic heterocycles. The van der Waals surface area contributed by atoms with E-state index in [4.69, 9.17) is 0 Å². The molecule has 1 aromatic rings. The highest BCUT2D eigenvalue weighted by atomic mass is 19.1. The molecule has 16 heavy (non-hydrogen) atoms. The average molecular weight is 226 g/mol. The van der Waals surface area contributed by atoms with Gasteiger partial charge in [0.25, 0.3) is 5.91 Å². The second-order valence-corrected chi connectivity index (χ2v) is 3.81. The van der Waals surface area contributed by atoms with Crippen molar-refractivity contribution < 1.29 is 13.6 Å². The van der Waals surface area contributed by atoms with E-state index in [0.717, 1.165) is 25.0 Å². The van der Waals surface area contributed by atoms with Crippen LogP contribution in [0, 0.1) is 11.6 Å². The molecule has 1 aliphatic carbocycles. The van der Waals surface area contributed by atoms with Gasteiger partial charge < -0.3 is 10.6 Å². The summed E-state index contributed by atoms with van der Waals surface area (Å²) in [5.74, 6) is -1.95. The fourth-order valence-electron chi connectivity index (χ4n) is 1.44. The first-order valence-electron chi connectivity index (χ1n) is 5.09. The Kier molecular flexibility index (Phi) is 2.77. The minimum Gasteiger partial charge on any atom is -0.383 e. The molecule has 0 unspecified atom stereocenters. The van der Waals surface area contributed by atoms with Crippen molar-refractivity contribution in [1.82, 2.24) is 5.32 Å². The monoisotopic (exact) mass is 226 g/mol. The molecule has 0 spiro atoms. The Morgan fingerprint density at radius 3 is 2.31 bits per heavy atom. The molecule has 5 heteroatoms. The molecular formula is C11H12F2N2O. The highest BCUT2D eigenvalue weighted by molar-refractivity contribution is 5.95. The van der Waals surface area contributed by atoms with Gasteiger partial charge in [-0.15, -0.1) is 0 Å². The van der Waals surface area contributed by atoms with E-state index >= 15 is 0 Å². The minimum absolute atomic E-state index is 0.0147. The van der Waals surface area contributed by atoms with Crippen molar-refractivity contribution in [1.29, 1.82) is 0 Å². The van der Waals surface area contributed by atoms with Crippen LogP contribution in [-0.4, -0.2) is 19.0 Å². The van der Waals surface area contributed by atoms with Crippen LogP contribution >= 0.6 is 0 Å². The molecule has 0 bridgehead atoms. The number of halogens is 2. The standard InChI is InChI=1S/C11H12F2N2O/c1-14-10-8(12)4-6(5-9(10)13)11(16)15-7-2-3-7/h4-5,7,14H,2-3H2,1H3,(H,15,16). The molecule has 0 saturated heterocycles. The van der Waals surface area contributed by atoms with Gasteiger partial charge in [0.15, 0.2) is 0 Å². The van der Waals surface area contributed by atoms with E-state index in [0.29, 0.717) is 0 Å². The van der Waals surface area contributed by atoms with Crippen LogP contribution in [-0.2, 0) is 0 Å².